The van der Waals surface area contributed by atoms with Gasteiger partial charge in [-0.2, -0.15) is 4.98 Å². The monoisotopic (exact) mass is 518 g/mol. The number of nitrogens with zero attached hydrogens (tertiary/aromatic N) is 2. The van der Waals surface area contributed by atoms with E-state index < -0.39 is 31.1 Å². The Hall–Kier alpha value is -3.13. The number of sulfone groups is 1. The van der Waals surface area contributed by atoms with E-state index in [4.69, 9.17) is 5.14 Å². The SMILES string of the molecule is Cc1ccc(Nc2ncc(F)c(Nc3ccc4c(c3)CNC4S(=O)(=O)C3CC3)n2)cc1S(N)(=O)=O. The zero-order chi connectivity index (χ0) is 25.0. The van der Waals surface area contributed by atoms with Gasteiger partial charge < -0.3 is 10.6 Å². The minimum absolute atomic E-state index is 0.0385. The maximum atomic E-state index is 14.5. The van der Waals surface area contributed by atoms with E-state index in [0.717, 1.165) is 11.8 Å². The second-order valence-corrected chi connectivity index (χ2v) is 12.5. The van der Waals surface area contributed by atoms with Gasteiger partial charge in [-0.15, -0.1) is 0 Å². The summed E-state index contributed by atoms with van der Waals surface area (Å²) >= 11 is 0. The molecule has 0 amide bonds. The van der Waals surface area contributed by atoms with E-state index in [2.05, 4.69) is 25.9 Å². The zero-order valence-electron chi connectivity index (χ0n) is 18.6. The lowest BCUT2D eigenvalue weighted by molar-refractivity contribution is 0.566. The maximum Gasteiger partial charge on any atom is 0.238 e. The number of aromatic nitrogens is 2. The van der Waals surface area contributed by atoms with Gasteiger partial charge in [0, 0.05) is 17.9 Å². The van der Waals surface area contributed by atoms with Crippen LogP contribution in [-0.4, -0.2) is 32.1 Å². The summed E-state index contributed by atoms with van der Waals surface area (Å²) in [5, 5.41) is 13.1. The third kappa shape index (κ3) is 4.72. The molecule has 2 aromatic carbocycles. The first kappa shape index (κ1) is 23.6. The number of halogens is 1. The van der Waals surface area contributed by atoms with Crippen LogP contribution >= 0.6 is 0 Å². The standard InChI is InChI=1S/C22H23FN6O4S2/c1-12-2-3-15(9-19(12)35(24,32)33)28-22-26-11-18(23)20(29-22)27-14-4-7-17-13(8-14)10-25-21(17)34(30,31)16-5-6-16/h2-4,7-9,11,16,21,25H,5-6,10H2,1H3,(H2,24,32,33)(H2,26,27,28,29). The normalized spacial score (nSPS) is 17.7. The van der Waals surface area contributed by atoms with Crippen LogP contribution in [0.4, 0.5) is 27.5 Å². The van der Waals surface area contributed by atoms with E-state index in [0.29, 0.717) is 41.9 Å². The molecular weight excluding hydrogens is 495 g/mol. The van der Waals surface area contributed by atoms with Gasteiger partial charge in [-0.3, -0.25) is 5.32 Å². The molecule has 2 aliphatic rings. The van der Waals surface area contributed by atoms with E-state index in [9.17, 15) is 21.2 Å². The zero-order valence-corrected chi connectivity index (χ0v) is 20.2. The molecule has 0 bridgehead atoms. The molecule has 0 radical (unpaired) electrons. The Morgan fingerprint density at radius 3 is 2.49 bits per heavy atom. The number of nitrogens with one attached hydrogen (secondary N) is 3. The van der Waals surface area contributed by atoms with Crippen LogP contribution in [0.3, 0.4) is 0 Å². The van der Waals surface area contributed by atoms with Crippen molar-refractivity contribution in [1.82, 2.24) is 15.3 Å². The van der Waals surface area contributed by atoms with Gasteiger partial charge >= 0.3 is 0 Å². The van der Waals surface area contributed by atoms with Crippen molar-refractivity contribution >= 4 is 43.0 Å². The number of primary sulfonamides is 1. The summed E-state index contributed by atoms with van der Waals surface area (Å²) in [6, 6.07) is 9.72. The van der Waals surface area contributed by atoms with Crippen molar-refractivity contribution in [3.63, 3.8) is 0 Å². The number of nitrogens with two attached hydrogens (primary N) is 1. The largest absolute Gasteiger partial charge is 0.338 e. The first-order valence-corrected chi connectivity index (χ1v) is 14.0. The number of aryl methyl sites for hydroxylation is 1. The summed E-state index contributed by atoms with van der Waals surface area (Å²) in [5.41, 5.74) is 2.90. The summed E-state index contributed by atoms with van der Waals surface area (Å²) in [6.45, 7) is 2.01. The third-order valence-corrected chi connectivity index (χ3v) is 9.51. The molecule has 184 valence electrons. The third-order valence-electron chi connectivity index (χ3n) is 5.98. The Morgan fingerprint density at radius 1 is 1.06 bits per heavy atom. The van der Waals surface area contributed by atoms with Crippen molar-refractivity contribution in [3.8, 4) is 0 Å². The topological polar surface area (TPSA) is 156 Å². The molecule has 1 unspecified atom stereocenters. The number of fused-ring (bicyclic) bond motifs is 1. The van der Waals surface area contributed by atoms with Crippen molar-refractivity contribution in [3.05, 3.63) is 65.1 Å². The fourth-order valence-electron chi connectivity index (χ4n) is 4.05. The predicted octanol–water partition coefficient (Wildman–Crippen LogP) is 2.74. The highest BCUT2D eigenvalue weighted by Gasteiger charge is 2.44. The molecule has 1 atom stereocenters. The molecule has 5 N–H and O–H groups in total. The summed E-state index contributed by atoms with van der Waals surface area (Å²) in [5.74, 6) is -0.761. The van der Waals surface area contributed by atoms with Crippen LogP contribution in [0.2, 0.25) is 0 Å². The molecule has 1 saturated carbocycles. The molecular formula is C22H23FN6O4S2. The molecule has 13 heteroatoms. The summed E-state index contributed by atoms with van der Waals surface area (Å²) in [4.78, 5) is 8.02. The number of sulfonamides is 1. The smallest absolute Gasteiger partial charge is 0.238 e. The van der Waals surface area contributed by atoms with Crippen LogP contribution in [0.1, 0.15) is 34.9 Å². The lowest BCUT2D eigenvalue weighted by atomic mass is 10.1. The van der Waals surface area contributed by atoms with Gasteiger partial charge in [-0.25, -0.2) is 31.3 Å². The Balaban J connectivity index is 1.37. The molecule has 3 aromatic rings. The highest BCUT2D eigenvalue weighted by Crippen LogP contribution is 2.40. The van der Waals surface area contributed by atoms with Crippen molar-refractivity contribution in [2.75, 3.05) is 10.6 Å². The van der Waals surface area contributed by atoms with Gasteiger partial charge in [0.15, 0.2) is 21.5 Å². The number of hydrogen-bond donors (Lipinski definition) is 4. The molecule has 0 saturated heterocycles. The van der Waals surface area contributed by atoms with Crippen LogP contribution < -0.4 is 21.1 Å². The van der Waals surface area contributed by atoms with Crippen molar-refractivity contribution in [2.24, 2.45) is 5.14 Å². The van der Waals surface area contributed by atoms with Crippen LogP contribution in [-0.2, 0) is 26.4 Å². The number of rotatable bonds is 7. The average molecular weight is 519 g/mol. The molecule has 1 fully saturated rings. The van der Waals surface area contributed by atoms with Crippen molar-refractivity contribution in [1.29, 1.82) is 0 Å². The lowest BCUT2D eigenvalue weighted by Crippen LogP contribution is -2.25. The first-order valence-electron chi connectivity index (χ1n) is 10.8. The van der Waals surface area contributed by atoms with Gasteiger partial charge in [0.1, 0.15) is 5.37 Å². The minimum Gasteiger partial charge on any atom is -0.338 e. The molecule has 2 heterocycles. The fraction of sp³-hybridized carbons (Fsp3) is 0.273. The number of benzene rings is 2. The Labute approximate surface area is 202 Å². The molecule has 35 heavy (non-hydrogen) atoms. The summed E-state index contributed by atoms with van der Waals surface area (Å²) in [6.07, 6.45) is 2.38. The molecule has 10 nitrogen and oxygen atoms in total. The Kier molecular flexibility index (Phi) is 5.74. The quantitative estimate of drug-likeness (QED) is 0.369. The highest BCUT2D eigenvalue weighted by molar-refractivity contribution is 7.92. The van der Waals surface area contributed by atoms with E-state index in [1.165, 1.54) is 6.07 Å². The maximum absolute atomic E-state index is 14.5. The van der Waals surface area contributed by atoms with Gasteiger partial charge in [0.25, 0.3) is 0 Å². The van der Waals surface area contributed by atoms with Crippen molar-refractivity contribution in [2.45, 2.75) is 41.8 Å². The minimum atomic E-state index is -3.92. The molecule has 1 aliphatic heterocycles. The van der Waals surface area contributed by atoms with Crippen LogP contribution in [0, 0.1) is 12.7 Å². The molecule has 0 spiro atoms. The second kappa shape index (κ2) is 8.52. The van der Waals surface area contributed by atoms with Gasteiger partial charge in [-0.1, -0.05) is 12.1 Å². The lowest BCUT2D eigenvalue weighted by Gasteiger charge is -2.14. The number of hydrogen-bond acceptors (Lipinski definition) is 9. The van der Waals surface area contributed by atoms with E-state index in [1.54, 1.807) is 37.3 Å². The molecule has 5 rings (SSSR count). The van der Waals surface area contributed by atoms with Gasteiger partial charge in [0.2, 0.25) is 16.0 Å². The van der Waals surface area contributed by atoms with Gasteiger partial charge in [-0.05, 0) is 60.7 Å². The number of anilines is 4. The highest BCUT2D eigenvalue weighted by atomic mass is 32.2. The van der Waals surface area contributed by atoms with E-state index >= 15 is 0 Å². The predicted molar refractivity (Wildman–Crippen MR) is 129 cm³/mol. The van der Waals surface area contributed by atoms with E-state index in [-0.39, 0.29) is 21.9 Å². The van der Waals surface area contributed by atoms with Gasteiger partial charge in [0.05, 0.1) is 16.3 Å². The average Bonchev–Trinajstić information content (AvgIpc) is 3.57. The Morgan fingerprint density at radius 2 is 1.77 bits per heavy atom. The Bertz CT molecular complexity index is 1540. The van der Waals surface area contributed by atoms with Crippen LogP contribution in [0.25, 0.3) is 0 Å². The first-order chi connectivity index (χ1) is 16.5. The van der Waals surface area contributed by atoms with E-state index in [1.807, 2.05) is 0 Å². The molecule has 1 aliphatic carbocycles. The van der Waals surface area contributed by atoms with Crippen LogP contribution in [0.15, 0.2) is 47.5 Å². The fourth-order valence-corrected chi connectivity index (χ4v) is 6.94. The van der Waals surface area contributed by atoms with Crippen molar-refractivity contribution < 1.29 is 21.2 Å². The van der Waals surface area contributed by atoms with Crippen LogP contribution in [0.5, 0.6) is 0 Å². The summed E-state index contributed by atoms with van der Waals surface area (Å²) in [7, 11) is -7.19. The summed E-state index contributed by atoms with van der Waals surface area (Å²) < 4.78 is 63.3. The molecule has 1 aromatic heterocycles. The second-order valence-electron chi connectivity index (χ2n) is 8.63.